The number of hydrogen-bond donors (Lipinski definition) is 0. The zero-order valence-corrected chi connectivity index (χ0v) is 20.0. The van der Waals surface area contributed by atoms with E-state index in [2.05, 4.69) is 52.9 Å². The summed E-state index contributed by atoms with van der Waals surface area (Å²) in [6.07, 6.45) is 3.41. The van der Waals surface area contributed by atoms with Gasteiger partial charge in [-0.05, 0) is 44.4 Å². The Labute approximate surface area is 201 Å². The van der Waals surface area contributed by atoms with E-state index < -0.39 is 0 Å². The number of carbonyl (C=O) groups excluding carboxylic acids is 1. The fourth-order valence-corrected chi connectivity index (χ4v) is 5.02. The number of piperidine rings is 1. The fourth-order valence-electron chi connectivity index (χ4n) is 5.02. The number of hydrogen-bond acceptors (Lipinski definition) is 6. The first-order chi connectivity index (χ1) is 16.6. The molecule has 3 heterocycles. The van der Waals surface area contributed by atoms with E-state index in [4.69, 9.17) is 9.72 Å². The van der Waals surface area contributed by atoms with Crippen LogP contribution >= 0.6 is 0 Å². The predicted octanol–water partition coefficient (Wildman–Crippen LogP) is 4.33. The number of para-hydroxylation sites is 2. The van der Waals surface area contributed by atoms with Gasteiger partial charge in [-0.3, -0.25) is 9.88 Å². The van der Waals surface area contributed by atoms with Gasteiger partial charge in [0.25, 0.3) is 0 Å². The Morgan fingerprint density at radius 3 is 2.41 bits per heavy atom. The molecule has 0 N–H and O–H groups in total. The highest BCUT2D eigenvalue weighted by atomic mass is 16.6. The average molecular weight is 460 g/mol. The van der Waals surface area contributed by atoms with Gasteiger partial charge in [0.05, 0.1) is 17.2 Å². The zero-order chi connectivity index (χ0) is 23.5. The Balaban J connectivity index is 1.15. The van der Waals surface area contributed by atoms with Crippen LogP contribution in [0.2, 0.25) is 0 Å². The molecule has 0 radical (unpaired) electrons. The Kier molecular flexibility index (Phi) is 6.63. The lowest BCUT2D eigenvalue weighted by atomic mass is 10.1. The SMILES string of the molecule is C[C@@H]1CN(c2cnc3ccccc3n2)[C@@H](C)CN1C(=O)OC1CCN(Cc2ccccc2)CC1. The van der Waals surface area contributed by atoms with E-state index >= 15 is 0 Å². The van der Waals surface area contributed by atoms with Crippen molar-refractivity contribution in [3.8, 4) is 0 Å². The third-order valence-corrected chi connectivity index (χ3v) is 7.00. The van der Waals surface area contributed by atoms with Crippen LogP contribution in [0.1, 0.15) is 32.3 Å². The Hall–Kier alpha value is -3.19. The van der Waals surface area contributed by atoms with Gasteiger partial charge < -0.3 is 14.5 Å². The Morgan fingerprint density at radius 1 is 0.941 bits per heavy atom. The first-order valence-corrected chi connectivity index (χ1v) is 12.3. The number of likely N-dealkylation sites (tertiary alicyclic amines) is 1. The van der Waals surface area contributed by atoms with Gasteiger partial charge in [0.2, 0.25) is 0 Å². The third kappa shape index (κ3) is 4.99. The molecule has 2 fully saturated rings. The Morgan fingerprint density at radius 2 is 1.65 bits per heavy atom. The molecular formula is C27H33N5O2. The van der Waals surface area contributed by atoms with Gasteiger partial charge in [-0.15, -0.1) is 0 Å². The maximum Gasteiger partial charge on any atom is 0.410 e. The summed E-state index contributed by atoms with van der Waals surface area (Å²) >= 11 is 0. The highest BCUT2D eigenvalue weighted by molar-refractivity contribution is 5.75. The molecule has 0 aliphatic carbocycles. The summed E-state index contributed by atoms with van der Waals surface area (Å²) in [5.41, 5.74) is 3.11. The second-order valence-electron chi connectivity index (χ2n) is 9.56. The first-order valence-electron chi connectivity index (χ1n) is 12.3. The summed E-state index contributed by atoms with van der Waals surface area (Å²) in [5, 5.41) is 0. The van der Waals surface area contributed by atoms with Crippen LogP contribution in [0.3, 0.4) is 0 Å². The number of ether oxygens (including phenoxy) is 1. The number of aromatic nitrogens is 2. The van der Waals surface area contributed by atoms with Gasteiger partial charge in [0, 0.05) is 44.8 Å². The molecule has 2 aromatic carbocycles. The highest BCUT2D eigenvalue weighted by Gasteiger charge is 2.35. The van der Waals surface area contributed by atoms with Crippen LogP contribution in [-0.2, 0) is 11.3 Å². The number of rotatable bonds is 4. The van der Waals surface area contributed by atoms with Gasteiger partial charge in [0.1, 0.15) is 11.9 Å². The molecule has 0 unspecified atom stereocenters. The maximum atomic E-state index is 13.1. The number of fused-ring (bicyclic) bond motifs is 1. The van der Waals surface area contributed by atoms with Crippen LogP contribution in [0.15, 0.2) is 60.8 Å². The number of nitrogens with zero attached hydrogens (tertiary/aromatic N) is 5. The number of amides is 1. The van der Waals surface area contributed by atoms with E-state index in [1.165, 1.54) is 5.56 Å². The number of carbonyl (C=O) groups is 1. The molecule has 178 valence electrons. The minimum absolute atomic E-state index is 0.00795. The molecule has 0 bridgehead atoms. The molecular weight excluding hydrogens is 426 g/mol. The van der Waals surface area contributed by atoms with E-state index in [1.54, 1.807) is 0 Å². The van der Waals surface area contributed by atoms with Crippen LogP contribution in [0.4, 0.5) is 10.6 Å². The molecule has 2 aliphatic rings. The van der Waals surface area contributed by atoms with Gasteiger partial charge in [-0.1, -0.05) is 42.5 Å². The van der Waals surface area contributed by atoms with Gasteiger partial charge in [0.15, 0.2) is 0 Å². The van der Waals surface area contributed by atoms with Crippen molar-refractivity contribution in [2.45, 2.75) is 51.4 Å². The van der Waals surface area contributed by atoms with Crippen molar-refractivity contribution in [2.75, 3.05) is 31.1 Å². The summed E-state index contributed by atoms with van der Waals surface area (Å²) in [6, 6.07) is 18.6. The van der Waals surface area contributed by atoms with E-state index in [0.29, 0.717) is 13.1 Å². The van der Waals surface area contributed by atoms with Crippen LogP contribution in [-0.4, -0.2) is 70.2 Å². The lowest BCUT2D eigenvalue weighted by molar-refractivity contribution is 0.0166. The largest absolute Gasteiger partial charge is 0.446 e. The van der Waals surface area contributed by atoms with Crippen molar-refractivity contribution in [1.82, 2.24) is 19.8 Å². The quantitative estimate of drug-likeness (QED) is 0.579. The third-order valence-electron chi connectivity index (χ3n) is 7.00. The lowest BCUT2D eigenvalue weighted by Crippen LogP contribution is -2.59. The zero-order valence-electron chi connectivity index (χ0n) is 20.0. The second kappa shape index (κ2) is 9.97. The van der Waals surface area contributed by atoms with Gasteiger partial charge in [-0.2, -0.15) is 0 Å². The summed E-state index contributed by atoms with van der Waals surface area (Å²) < 4.78 is 5.96. The van der Waals surface area contributed by atoms with Crippen molar-refractivity contribution in [2.24, 2.45) is 0 Å². The smallest absolute Gasteiger partial charge is 0.410 e. The van der Waals surface area contributed by atoms with Crippen molar-refractivity contribution in [3.05, 3.63) is 66.4 Å². The molecule has 3 aromatic rings. The van der Waals surface area contributed by atoms with E-state index in [9.17, 15) is 4.79 Å². The van der Waals surface area contributed by atoms with E-state index in [-0.39, 0.29) is 24.3 Å². The minimum atomic E-state index is -0.190. The van der Waals surface area contributed by atoms with Crippen molar-refractivity contribution in [3.63, 3.8) is 0 Å². The molecule has 1 aromatic heterocycles. The molecule has 2 saturated heterocycles. The standard InChI is InChI=1S/C27H33N5O2/c1-20-18-32(21(2)17-31(20)26-16-28-24-10-6-7-11-25(24)29-26)27(33)34-23-12-14-30(15-13-23)19-22-8-4-3-5-9-22/h3-11,16,20-21,23H,12-15,17-19H2,1-2H3/t20-,21+/m0/s1. The van der Waals surface area contributed by atoms with Gasteiger partial charge in [-0.25, -0.2) is 9.78 Å². The highest BCUT2D eigenvalue weighted by Crippen LogP contribution is 2.25. The monoisotopic (exact) mass is 459 g/mol. The van der Waals surface area contributed by atoms with Crippen molar-refractivity contribution < 1.29 is 9.53 Å². The predicted molar refractivity (Wildman–Crippen MR) is 134 cm³/mol. The molecule has 0 spiro atoms. The second-order valence-corrected chi connectivity index (χ2v) is 9.56. The molecule has 1 amide bonds. The molecule has 2 aliphatic heterocycles. The molecule has 0 saturated carbocycles. The normalized spacial score (nSPS) is 22.2. The maximum absolute atomic E-state index is 13.1. The lowest BCUT2D eigenvalue weighted by Gasteiger charge is -2.44. The first kappa shape index (κ1) is 22.6. The molecule has 2 atom stereocenters. The fraction of sp³-hybridized carbons (Fsp3) is 0.444. The summed E-state index contributed by atoms with van der Waals surface area (Å²) in [4.78, 5) is 29.0. The molecule has 7 nitrogen and oxygen atoms in total. The van der Waals surface area contributed by atoms with Crippen LogP contribution < -0.4 is 4.90 Å². The molecule has 34 heavy (non-hydrogen) atoms. The minimum Gasteiger partial charge on any atom is -0.446 e. The number of anilines is 1. The molecule has 7 heteroatoms. The Bertz CT molecular complexity index is 1120. The summed E-state index contributed by atoms with van der Waals surface area (Å²) in [6.45, 7) is 8.39. The van der Waals surface area contributed by atoms with E-state index in [0.717, 1.165) is 49.3 Å². The summed E-state index contributed by atoms with van der Waals surface area (Å²) in [5.74, 6) is 0.858. The topological polar surface area (TPSA) is 61.8 Å². The van der Waals surface area contributed by atoms with Crippen molar-refractivity contribution in [1.29, 1.82) is 0 Å². The van der Waals surface area contributed by atoms with Crippen LogP contribution in [0.5, 0.6) is 0 Å². The summed E-state index contributed by atoms with van der Waals surface area (Å²) in [7, 11) is 0. The van der Waals surface area contributed by atoms with Crippen molar-refractivity contribution >= 4 is 22.9 Å². The van der Waals surface area contributed by atoms with Gasteiger partial charge >= 0.3 is 6.09 Å². The number of benzene rings is 2. The number of piperazine rings is 1. The van der Waals surface area contributed by atoms with Crippen LogP contribution in [0, 0.1) is 0 Å². The van der Waals surface area contributed by atoms with E-state index in [1.807, 2.05) is 41.4 Å². The average Bonchev–Trinajstić information content (AvgIpc) is 2.86. The molecule has 5 rings (SSSR count). The van der Waals surface area contributed by atoms with Crippen LogP contribution in [0.25, 0.3) is 11.0 Å².